The number of amides is 3. The van der Waals surface area contributed by atoms with Crippen molar-refractivity contribution < 1.29 is 38.6 Å². The molecule has 0 spiro atoms. The van der Waals surface area contributed by atoms with Gasteiger partial charge in [-0.2, -0.15) is 0 Å². The van der Waals surface area contributed by atoms with E-state index in [1.165, 1.54) is 45.6 Å². The zero-order chi connectivity index (χ0) is 46.5. The molecule has 1 aromatic rings. The molecule has 1 aliphatic rings. The van der Waals surface area contributed by atoms with E-state index in [4.69, 9.17) is 9.47 Å². The van der Waals surface area contributed by atoms with Gasteiger partial charge in [0.05, 0.1) is 42.7 Å². The molecule has 1 aliphatic heterocycles. The van der Waals surface area contributed by atoms with Crippen molar-refractivity contribution in [2.24, 2.45) is 29.6 Å². The second-order valence-electron chi connectivity index (χ2n) is 18.9. The van der Waals surface area contributed by atoms with Crippen LogP contribution in [0.25, 0.3) is 0 Å². The average molecular weight is 871 g/mol. The normalized spacial score (nSPS) is 18.2. The SMILES string of the molecule is CCCCCCCCCCN(C)[C@H](C(=O)N[C@H](C(=O)N(C)[C@@H]([C@@H](C)CC)[C@@H](CC(=O)N1CCC[C@H]1[C@H](OC)[C@@H](C)C(=O)C[C@@H](Cc1ccccc1)C(=O)O)OC)C(C)C)C(C)C. The predicted molar refractivity (Wildman–Crippen MR) is 248 cm³/mol. The highest BCUT2D eigenvalue weighted by atomic mass is 16.5. The molecule has 1 heterocycles. The number of carbonyl (C=O) groups is 5. The van der Waals surface area contributed by atoms with Gasteiger partial charge in [0.15, 0.2) is 0 Å². The van der Waals surface area contributed by atoms with E-state index < -0.39 is 42.1 Å². The van der Waals surface area contributed by atoms with Crippen molar-refractivity contribution in [2.75, 3.05) is 41.4 Å². The summed E-state index contributed by atoms with van der Waals surface area (Å²) in [4.78, 5) is 74.4. The summed E-state index contributed by atoms with van der Waals surface area (Å²) in [6.07, 6.45) is 10.7. The summed E-state index contributed by atoms with van der Waals surface area (Å²) >= 11 is 0. The second kappa shape index (κ2) is 28.4. The number of rotatable bonds is 31. The number of ketones is 1. The minimum Gasteiger partial charge on any atom is -0.481 e. The molecule has 354 valence electrons. The molecule has 2 N–H and O–H groups in total. The summed E-state index contributed by atoms with van der Waals surface area (Å²) in [7, 11) is 6.86. The quantitative estimate of drug-likeness (QED) is 0.0709. The fourth-order valence-corrected chi connectivity index (χ4v) is 9.53. The van der Waals surface area contributed by atoms with Crippen LogP contribution in [0.3, 0.4) is 0 Å². The van der Waals surface area contributed by atoms with Gasteiger partial charge < -0.3 is 29.7 Å². The Hall–Kier alpha value is -3.35. The van der Waals surface area contributed by atoms with Crippen LogP contribution in [-0.2, 0) is 39.9 Å². The molecule has 1 aromatic carbocycles. The van der Waals surface area contributed by atoms with Crippen molar-refractivity contribution in [1.29, 1.82) is 0 Å². The van der Waals surface area contributed by atoms with Gasteiger partial charge in [0.1, 0.15) is 11.8 Å². The van der Waals surface area contributed by atoms with Crippen molar-refractivity contribution >= 4 is 29.5 Å². The van der Waals surface area contributed by atoms with Gasteiger partial charge >= 0.3 is 5.97 Å². The van der Waals surface area contributed by atoms with E-state index in [1.54, 1.807) is 30.9 Å². The molecule has 62 heavy (non-hydrogen) atoms. The molecule has 2 rings (SSSR count). The number of benzene rings is 1. The van der Waals surface area contributed by atoms with Crippen LogP contribution in [0.4, 0.5) is 0 Å². The van der Waals surface area contributed by atoms with Crippen LogP contribution < -0.4 is 5.32 Å². The first-order chi connectivity index (χ1) is 29.4. The summed E-state index contributed by atoms with van der Waals surface area (Å²) < 4.78 is 12.0. The van der Waals surface area contributed by atoms with Crippen molar-refractivity contribution in [1.82, 2.24) is 20.0 Å². The van der Waals surface area contributed by atoms with Crippen molar-refractivity contribution in [3.63, 3.8) is 0 Å². The number of likely N-dealkylation sites (tertiary alicyclic amines) is 1. The number of carboxylic acids is 1. The maximum absolute atomic E-state index is 14.5. The number of hydrogen-bond donors (Lipinski definition) is 2. The van der Waals surface area contributed by atoms with Crippen LogP contribution in [0.15, 0.2) is 30.3 Å². The van der Waals surface area contributed by atoms with Gasteiger partial charge in [-0.25, -0.2) is 0 Å². The Balaban J connectivity index is 2.20. The molecular weight excluding hydrogens is 785 g/mol. The van der Waals surface area contributed by atoms with E-state index >= 15 is 0 Å². The molecule has 3 amide bonds. The van der Waals surface area contributed by atoms with Crippen LogP contribution in [0.5, 0.6) is 0 Å². The highest BCUT2D eigenvalue weighted by Crippen LogP contribution is 2.31. The zero-order valence-corrected chi connectivity index (χ0v) is 40.7. The van der Waals surface area contributed by atoms with E-state index in [0.717, 1.165) is 37.8 Å². The molecular formula is C50H86N4O8. The number of aliphatic carboxylic acids is 1. The molecule has 0 unspecified atom stereocenters. The largest absolute Gasteiger partial charge is 0.481 e. The lowest BCUT2D eigenvalue weighted by atomic mass is 9.85. The van der Waals surface area contributed by atoms with E-state index in [-0.39, 0.29) is 72.6 Å². The van der Waals surface area contributed by atoms with Gasteiger partial charge in [-0.3, -0.25) is 28.9 Å². The summed E-state index contributed by atoms with van der Waals surface area (Å²) in [6.45, 7) is 17.4. The standard InChI is InChI=1S/C50H86N4O8/c1-13-15-16-17-18-19-20-24-29-52(9)45(35(5)6)48(57)51-44(34(3)4)49(58)53(10)46(36(7)14-2)42(61-11)33-43(56)54-30-25-28-40(54)47(62-12)37(8)41(55)32-39(50(59)60)31-38-26-22-21-23-27-38/h21-23,26-27,34-37,39-40,42,44-47H,13-20,24-25,28-33H2,1-12H3,(H,51,57)(H,59,60)/t36-,37-,39+,40-,42+,44-,45-,46-,47+/m0/s1. The first kappa shape index (κ1) is 54.8. The third kappa shape index (κ3) is 16.6. The van der Waals surface area contributed by atoms with Crippen LogP contribution in [0, 0.1) is 29.6 Å². The Morgan fingerprint density at radius 2 is 1.45 bits per heavy atom. The van der Waals surface area contributed by atoms with Crippen LogP contribution >= 0.6 is 0 Å². The molecule has 0 radical (unpaired) electrons. The number of unbranched alkanes of at least 4 members (excludes halogenated alkanes) is 7. The van der Waals surface area contributed by atoms with Crippen molar-refractivity contribution in [3.05, 3.63) is 35.9 Å². The predicted octanol–water partition coefficient (Wildman–Crippen LogP) is 8.05. The Morgan fingerprint density at radius 1 is 0.839 bits per heavy atom. The first-order valence-corrected chi connectivity index (χ1v) is 23.9. The van der Waals surface area contributed by atoms with Crippen LogP contribution in [0.1, 0.15) is 144 Å². The molecule has 0 saturated carbocycles. The fraction of sp³-hybridized carbons (Fsp3) is 0.780. The maximum atomic E-state index is 14.5. The summed E-state index contributed by atoms with van der Waals surface area (Å²) in [5.41, 5.74) is 0.851. The molecule has 0 bridgehead atoms. The van der Waals surface area contributed by atoms with Crippen LogP contribution in [-0.4, -0.2) is 127 Å². The molecule has 1 fully saturated rings. The van der Waals surface area contributed by atoms with Gasteiger partial charge in [0.2, 0.25) is 17.7 Å². The van der Waals surface area contributed by atoms with E-state index in [0.29, 0.717) is 13.0 Å². The average Bonchev–Trinajstić information content (AvgIpc) is 3.72. The minimum absolute atomic E-state index is 0.00815. The second-order valence-corrected chi connectivity index (χ2v) is 18.9. The smallest absolute Gasteiger partial charge is 0.307 e. The molecule has 0 aromatic heterocycles. The Kier molecular flexibility index (Phi) is 25.1. The van der Waals surface area contributed by atoms with E-state index in [9.17, 15) is 29.1 Å². The van der Waals surface area contributed by atoms with Crippen molar-refractivity contribution in [2.45, 2.75) is 182 Å². The number of carbonyl (C=O) groups excluding carboxylic acids is 4. The zero-order valence-electron chi connectivity index (χ0n) is 40.7. The number of carboxylic acid groups (broad SMARTS) is 1. The van der Waals surface area contributed by atoms with Gasteiger partial charge in [0, 0.05) is 40.2 Å². The molecule has 1 saturated heterocycles. The number of nitrogens with zero attached hydrogens (tertiary/aromatic N) is 3. The number of nitrogens with one attached hydrogen (secondary N) is 1. The lowest BCUT2D eigenvalue weighted by molar-refractivity contribution is -0.148. The van der Waals surface area contributed by atoms with Crippen LogP contribution in [0.2, 0.25) is 0 Å². The number of ether oxygens (including phenoxy) is 2. The van der Waals surface area contributed by atoms with Gasteiger partial charge in [-0.15, -0.1) is 0 Å². The number of hydrogen-bond acceptors (Lipinski definition) is 8. The number of likely N-dealkylation sites (N-methyl/N-ethyl adjacent to an activating group) is 2. The van der Waals surface area contributed by atoms with E-state index in [2.05, 4.69) is 31.0 Å². The van der Waals surface area contributed by atoms with E-state index in [1.807, 2.05) is 65.1 Å². The summed E-state index contributed by atoms with van der Waals surface area (Å²) in [5.74, 6) is -3.48. The third-order valence-corrected chi connectivity index (χ3v) is 13.4. The molecule has 9 atom stereocenters. The Morgan fingerprint density at radius 3 is 1.98 bits per heavy atom. The lowest BCUT2D eigenvalue weighted by Crippen LogP contribution is -2.60. The monoisotopic (exact) mass is 871 g/mol. The number of methoxy groups -OCH3 is 2. The molecule has 12 nitrogen and oxygen atoms in total. The number of Topliss-reactive ketones (excluding diaryl/α,β-unsaturated/α-hetero) is 1. The van der Waals surface area contributed by atoms with Gasteiger partial charge in [-0.1, -0.05) is 137 Å². The summed E-state index contributed by atoms with van der Waals surface area (Å²) in [6, 6.07) is 7.28. The lowest BCUT2D eigenvalue weighted by Gasteiger charge is -2.41. The first-order valence-electron chi connectivity index (χ1n) is 23.9. The van der Waals surface area contributed by atoms with Crippen molar-refractivity contribution in [3.8, 4) is 0 Å². The maximum Gasteiger partial charge on any atom is 0.307 e. The summed E-state index contributed by atoms with van der Waals surface area (Å²) in [5, 5.41) is 13.2. The molecule has 12 heteroatoms. The Labute approximate surface area is 375 Å². The Bertz CT molecular complexity index is 1490. The fourth-order valence-electron chi connectivity index (χ4n) is 9.53. The highest BCUT2D eigenvalue weighted by Gasteiger charge is 2.43. The minimum atomic E-state index is -1.02. The molecule has 0 aliphatic carbocycles. The topological polar surface area (TPSA) is 146 Å². The highest BCUT2D eigenvalue weighted by molar-refractivity contribution is 5.90. The van der Waals surface area contributed by atoms with Gasteiger partial charge in [-0.05, 0) is 62.6 Å². The third-order valence-electron chi connectivity index (χ3n) is 13.4. The van der Waals surface area contributed by atoms with Gasteiger partial charge in [0.25, 0.3) is 0 Å².